The van der Waals surface area contributed by atoms with Gasteiger partial charge in [0.1, 0.15) is 0 Å². The minimum Gasteiger partial charge on any atom is -0.294 e. The molecule has 0 saturated heterocycles. The number of carbonyl (C=O) groups is 1. The van der Waals surface area contributed by atoms with Crippen LogP contribution in [0.2, 0.25) is 5.02 Å². The van der Waals surface area contributed by atoms with Gasteiger partial charge in [-0.1, -0.05) is 23.7 Å². The number of amides is 1. The van der Waals surface area contributed by atoms with E-state index < -0.39 is 5.91 Å². The first-order valence-electron chi connectivity index (χ1n) is 6.76. The highest BCUT2D eigenvalue weighted by atomic mass is 35.5. The Morgan fingerprint density at radius 2 is 2.09 bits per heavy atom. The fourth-order valence-electron chi connectivity index (χ4n) is 2.31. The summed E-state index contributed by atoms with van der Waals surface area (Å²) in [4.78, 5) is 28.3. The molecule has 0 fully saturated rings. The van der Waals surface area contributed by atoms with Crippen molar-refractivity contribution in [2.24, 2.45) is 0 Å². The number of nitrogens with zero attached hydrogens (tertiary/aromatic N) is 2. The molecule has 3 rings (SSSR count). The normalized spacial score (nSPS) is 10.7. The predicted octanol–water partition coefficient (Wildman–Crippen LogP) is 2.22. The quantitative estimate of drug-likeness (QED) is 0.570. The molecule has 116 valence electrons. The highest BCUT2D eigenvalue weighted by Crippen LogP contribution is 2.13. The Kier molecular flexibility index (Phi) is 4.10. The van der Waals surface area contributed by atoms with E-state index in [4.69, 9.17) is 16.8 Å². The van der Waals surface area contributed by atoms with E-state index in [-0.39, 0.29) is 11.1 Å². The van der Waals surface area contributed by atoms with E-state index in [9.17, 15) is 9.59 Å². The van der Waals surface area contributed by atoms with E-state index in [2.05, 4.69) is 4.98 Å². The van der Waals surface area contributed by atoms with Crippen molar-refractivity contribution < 1.29 is 10.0 Å². The summed E-state index contributed by atoms with van der Waals surface area (Å²) >= 11 is 5.95. The average molecular weight is 330 g/mol. The Labute approximate surface area is 135 Å². The van der Waals surface area contributed by atoms with Gasteiger partial charge in [0.2, 0.25) is 0 Å². The monoisotopic (exact) mass is 329 g/mol. The summed E-state index contributed by atoms with van der Waals surface area (Å²) in [5.41, 5.74) is 2.79. The summed E-state index contributed by atoms with van der Waals surface area (Å²) in [5, 5.41) is 9.58. The van der Waals surface area contributed by atoms with Crippen molar-refractivity contribution in [3.63, 3.8) is 0 Å². The third-order valence-corrected chi connectivity index (χ3v) is 3.66. The smallest absolute Gasteiger partial charge is 0.274 e. The topological polar surface area (TPSA) is 84.2 Å². The van der Waals surface area contributed by atoms with Crippen LogP contribution in [-0.4, -0.2) is 20.7 Å². The maximum absolute atomic E-state index is 12.6. The van der Waals surface area contributed by atoms with Crippen LogP contribution in [0.25, 0.3) is 10.9 Å². The van der Waals surface area contributed by atoms with E-state index in [1.807, 2.05) is 6.07 Å². The Balaban J connectivity index is 2.07. The number of nitrogens with one attached hydrogen (secondary N) is 1. The van der Waals surface area contributed by atoms with Crippen LogP contribution in [-0.2, 0) is 6.54 Å². The number of fused-ring (bicyclic) bond motifs is 1. The molecule has 1 heterocycles. The van der Waals surface area contributed by atoms with Gasteiger partial charge in [-0.25, -0.2) is 10.5 Å². The minimum atomic E-state index is -0.684. The molecule has 23 heavy (non-hydrogen) atoms. The molecule has 0 spiro atoms. The summed E-state index contributed by atoms with van der Waals surface area (Å²) in [6.45, 7) is 0.318. The van der Waals surface area contributed by atoms with Crippen LogP contribution in [0.15, 0.2) is 53.6 Å². The Morgan fingerprint density at radius 1 is 1.26 bits per heavy atom. The molecule has 2 N–H and O–H groups in total. The number of aromatic nitrogens is 2. The molecule has 2 aromatic carbocycles. The minimum absolute atomic E-state index is 0.180. The fourth-order valence-corrected chi connectivity index (χ4v) is 2.52. The molecule has 6 nitrogen and oxygen atoms in total. The van der Waals surface area contributed by atoms with Crippen molar-refractivity contribution >= 4 is 28.4 Å². The second kappa shape index (κ2) is 6.20. The predicted molar refractivity (Wildman–Crippen MR) is 85.8 cm³/mol. The zero-order valence-corrected chi connectivity index (χ0v) is 12.6. The summed E-state index contributed by atoms with van der Waals surface area (Å²) in [6.07, 6.45) is 1.46. The van der Waals surface area contributed by atoms with Gasteiger partial charge in [-0.2, -0.15) is 0 Å². The summed E-state index contributed by atoms with van der Waals surface area (Å²) in [7, 11) is 0. The maximum Gasteiger partial charge on any atom is 0.274 e. The van der Waals surface area contributed by atoms with Gasteiger partial charge in [0, 0.05) is 10.6 Å². The van der Waals surface area contributed by atoms with Gasteiger partial charge in [0.25, 0.3) is 11.5 Å². The molecule has 0 aliphatic carbocycles. The van der Waals surface area contributed by atoms with Gasteiger partial charge in [-0.15, -0.1) is 0 Å². The number of carbonyl (C=O) groups excluding carboxylic acids is 1. The molecule has 0 atom stereocenters. The van der Waals surface area contributed by atoms with E-state index in [1.54, 1.807) is 29.7 Å². The molecule has 1 aromatic heterocycles. The molecule has 1 amide bonds. The lowest BCUT2D eigenvalue weighted by Crippen LogP contribution is -2.23. The molecule has 0 bridgehead atoms. The highest BCUT2D eigenvalue weighted by Gasteiger charge is 2.09. The Morgan fingerprint density at radius 3 is 2.83 bits per heavy atom. The third-order valence-electron chi connectivity index (χ3n) is 3.43. The zero-order valence-electron chi connectivity index (χ0n) is 11.9. The van der Waals surface area contributed by atoms with Gasteiger partial charge in [-0.05, 0) is 35.9 Å². The van der Waals surface area contributed by atoms with Crippen LogP contribution in [0.4, 0.5) is 0 Å². The number of rotatable bonds is 3. The van der Waals surface area contributed by atoms with Crippen LogP contribution < -0.4 is 11.0 Å². The Hall–Kier alpha value is -2.70. The molecular formula is C16H12ClN3O3. The first-order chi connectivity index (χ1) is 11.1. The van der Waals surface area contributed by atoms with E-state index in [0.29, 0.717) is 22.5 Å². The first kappa shape index (κ1) is 15.2. The van der Waals surface area contributed by atoms with E-state index in [0.717, 1.165) is 5.56 Å². The van der Waals surface area contributed by atoms with Crippen molar-refractivity contribution in [3.8, 4) is 0 Å². The van der Waals surface area contributed by atoms with Gasteiger partial charge in [0.15, 0.2) is 0 Å². The fraction of sp³-hybridized carbons (Fsp3) is 0.0625. The molecule has 0 aliphatic rings. The third kappa shape index (κ3) is 3.08. The SMILES string of the molecule is O=C(NO)c1ccc2ncn(Cc3cccc(Cl)c3)c(=O)c2c1. The van der Waals surface area contributed by atoms with Crippen LogP contribution in [0.5, 0.6) is 0 Å². The van der Waals surface area contributed by atoms with Crippen LogP contribution in [0, 0.1) is 0 Å². The lowest BCUT2D eigenvalue weighted by atomic mass is 10.1. The maximum atomic E-state index is 12.6. The second-order valence-corrected chi connectivity index (χ2v) is 5.42. The molecule has 0 saturated carbocycles. The summed E-state index contributed by atoms with van der Waals surface area (Å²) in [6, 6.07) is 11.6. The number of halogens is 1. The second-order valence-electron chi connectivity index (χ2n) is 4.98. The molecule has 0 unspecified atom stereocenters. The van der Waals surface area contributed by atoms with Crippen molar-refractivity contribution in [1.82, 2.24) is 15.0 Å². The van der Waals surface area contributed by atoms with Gasteiger partial charge in [-0.3, -0.25) is 19.4 Å². The van der Waals surface area contributed by atoms with Gasteiger partial charge in [0.05, 0.1) is 23.8 Å². The Bertz CT molecular complexity index is 953. The lowest BCUT2D eigenvalue weighted by Gasteiger charge is -2.08. The molecule has 7 heteroatoms. The summed E-state index contributed by atoms with van der Waals surface area (Å²) in [5.74, 6) is -0.684. The lowest BCUT2D eigenvalue weighted by molar-refractivity contribution is 0.0706. The van der Waals surface area contributed by atoms with E-state index in [1.165, 1.54) is 23.0 Å². The molecule has 3 aromatic rings. The van der Waals surface area contributed by atoms with Crippen LogP contribution >= 0.6 is 11.6 Å². The molecule has 0 aliphatic heterocycles. The van der Waals surface area contributed by atoms with Gasteiger partial charge < -0.3 is 0 Å². The van der Waals surface area contributed by atoms with Crippen molar-refractivity contribution in [1.29, 1.82) is 0 Å². The van der Waals surface area contributed by atoms with Crippen LogP contribution in [0.3, 0.4) is 0 Å². The van der Waals surface area contributed by atoms with Crippen molar-refractivity contribution in [2.45, 2.75) is 6.54 Å². The van der Waals surface area contributed by atoms with Crippen molar-refractivity contribution in [3.05, 3.63) is 75.3 Å². The molecule has 0 radical (unpaired) electrons. The summed E-state index contributed by atoms with van der Waals surface area (Å²) < 4.78 is 1.44. The van der Waals surface area contributed by atoms with E-state index >= 15 is 0 Å². The van der Waals surface area contributed by atoms with Crippen molar-refractivity contribution in [2.75, 3.05) is 0 Å². The number of benzene rings is 2. The standard InChI is InChI=1S/C16H12ClN3O3/c17-12-3-1-2-10(6-12)8-20-9-18-14-5-4-11(15(21)19-23)7-13(14)16(20)22/h1-7,9,23H,8H2,(H,19,21). The number of hydrogen-bond acceptors (Lipinski definition) is 4. The first-order valence-corrected chi connectivity index (χ1v) is 7.14. The average Bonchev–Trinajstić information content (AvgIpc) is 2.56. The largest absolute Gasteiger partial charge is 0.294 e. The molecular weight excluding hydrogens is 318 g/mol. The highest BCUT2D eigenvalue weighted by molar-refractivity contribution is 6.30. The zero-order chi connectivity index (χ0) is 16.4. The number of hydrogen-bond donors (Lipinski definition) is 2. The van der Waals surface area contributed by atoms with Gasteiger partial charge >= 0.3 is 0 Å². The number of hydroxylamine groups is 1. The van der Waals surface area contributed by atoms with Crippen LogP contribution in [0.1, 0.15) is 15.9 Å².